The molecule has 1 saturated heterocycles. The lowest BCUT2D eigenvalue weighted by Crippen LogP contribution is -2.55. The summed E-state index contributed by atoms with van der Waals surface area (Å²) in [6, 6.07) is 0. The molecule has 16 heavy (non-hydrogen) atoms. The Kier molecular flexibility index (Phi) is 5.22. The zero-order valence-electron chi connectivity index (χ0n) is 11.2. The Morgan fingerprint density at radius 2 is 1.75 bits per heavy atom. The van der Waals surface area contributed by atoms with Gasteiger partial charge in [-0.25, -0.2) is 0 Å². The highest BCUT2D eigenvalue weighted by Crippen LogP contribution is 2.24. The molecule has 1 atom stereocenters. The average Bonchev–Trinajstić information content (AvgIpc) is 2.27. The van der Waals surface area contributed by atoms with Gasteiger partial charge in [0.15, 0.2) is 0 Å². The number of aliphatic hydroxyl groups is 1. The van der Waals surface area contributed by atoms with Crippen LogP contribution in [0, 0.1) is 0 Å². The van der Waals surface area contributed by atoms with E-state index in [-0.39, 0.29) is 11.6 Å². The van der Waals surface area contributed by atoms with Crippen molar-refractivity contribution in [2.45, 2.75) is 64.7 Å². The monoisotopic (exact) mass is 229 g/mol. The van der Waals surface area contributed by atoms with E-state index < -0.39 is 6.10 Å². The summed E-state index contributed by atoms with van der Waals surface area (Å²) in [4.78, 5) is 2.39. The summed E-state index contributed by atoms with van der Waals surface area (Å²) in [7, 11) is 0. The van der Waals surface area contributed by atoms with Crippen LogP contribution in [0.25, 0.3) is 0 Å². The molecule has 0 aromatic rings. The first-order valence-electron chi connectivity index (χ1n) is 6.49. The molecular formula is C13H27NO2. The van der Waals surface area contributed by atoms with E-state index in [0.29, 0.717) is 6.61 Å². The second kappa shape index (κ2) is 5.99. The number of nitrogens with zero attached hydrogens (tertiary/aromatic N) is 1. The third-order valence-electron chi connectivity index (χ3n) is 3.57. The Hall–Kier alpha value is -0.120. The minimum atomic E-state index is -0.409. The number of hydrogen-bond acceptors (Lipinski definition) is 3. The molecule has 96 valence electrons. The second-order valence-corrected chi connectivity index (χ2v) is 5.60. The molecule has 3 heteroatoms. The van der Waals surface area contributed by atoms with Gasteiger partial charge in [-0.3, -0.25) is 4.90 Å². The molecule has 0 radical (unpaired) electrons. The highest BCUT2D eigenvalue weighted by atomic mass is 16.5. The van der Waals surface area contributed by atoms with Crippen LogP contribution in [0.15, 0.2) is 0 Å². The fraction of sp³-hybridized carbons (Fsp3) is 1.00. The van der Waals surface area contributed by atoms with Crippen molar-refractivity contribution in [3.05, 3.63) is 0 Å². The Bertz CT molecular complexity index is 198. The standard InChI is InChI=1S/C13H27NO2/c1-11(2)16-10-12(15)13(3,4)14-8-6-5-7-9-14/h11-12,15H,5-10H2,1-4H3. The van der Waals surface area contributed by atoms with Gasteiger partial charge in [0.1, 0.15) is 0 Å². The van der Waals surface area contributed by atoms with E-state index in [9.17, 15) is 5.11 Å². The molecule has 1 N–H and O–H groups in total. The highest BCUT2D eigenvalue weighted by Gasteiger charge is 2.35. The van der Waals surface area contributed by atoms with E-state index in [1.807, 2.05) is 13.8 Å². The Morgan fingerprint density at radius 1 is 1.19 bits per heavy atom. The van der Waals surface area contributed by atoms with Crippen molar-refractivity contribution in [1.82, 2.24) is 4.90 Å². The number of likely N-dealkylation sites (tertiary alicyclic amines) is 1. The van der Waals surface area contributed by atoms with Crippen molar-refractivity contribution >= 4 is 0 Å². The maximum Gasteiger partial charge on any atom is 0.0951 e. The van der Waals surface area contributed by atoms with Crippen molar-refractivity contribution in [2.24, 2.45) is 0 Å². The summed E-state index contributed by atoms with van der Waals surface area (Å²) in [6.45, 7) is 10.9. The van der Waals surface area contributed by atoms with E-state index >= 15 is 0 Å². The summed E-state index contributed by atoms with van der Waals surface area (Å²) in [5, 5.41) is 10.2. The van der Waals surface area contributed by atoms with Crippen LogP contribution >= 0.6 is 0 Å². The molecule has 1 aliphatic rings. The largest absolute Gasteiger partial charge is 0.389 e. The number of hydrogen-bond donors (Lipinski definition) is 1. The van der Waals surface area contributed by atoms with Crippen LogP contribution in [0.3, 0.4) is 0 Å². The van der Waals surface area contributed by atoms with Gasteiger partial charge in [-0.15, -0.1) is 0 Å². The van der Waals surface area contributed by atoms with Gasteiger partial charge in [-0.2, -0.15) is 0 Å². The molecule has 1 fully saturated rings. The van der Waals surface area contributed by atoms with Gasteiger partial charge in [0.2, 0.25) is 0 Å². The Balaban J connectivity index is 2.46. The molecular weight excluding hydrogens is 202 g/mol. The minimum absolute atomic E-state index is 0.171. The molecule has 0 amide bonds. The van der Waals surface area contributed by atoms with Crippen LogP contribution in [0.4, 0.5) is 0 Å². The van der Waals surface area contributed by atoms with Gasteiger partial charge < -0.3 is 9.84 Å². The lowest BCUT2D eigenvalue weighted by molar-refractivity contribution is -0.0738. The average molecular weight is 229 g/mol. The molecule has 0 aromatic heterocycles. The second-order valence-electron chi connectivity index (χ2n) is 5.60. The zero-order valence-corrected chi connectivity index (χ0v) is 11.2. The fourth-order valence-electron chi connectivity index (χ4n) is 2.17. The molecule has 0 aromatic carbocycles. The number of rotatable bonds is 5. The molecule has 0 saturated carbocycles. The predicted molar refractivity (Wildman–Crippen MR) is 66.6 cm³/mol. The van der Waals surface area contributed by atoms with Gasteiger partial charge in [0.25, 0.3) is 0 Å². The molecule has 1 aliphatic heterocycles. The van der Waals surface area contributed by atoms with E-state index in [0.717, 1.165) is 13.1 Å². The van der Waals surface area contributed by atoms with Crippen LogP contribution in [-0.4, -0.2) is 47.4 Å². The third kappa shape index (κ3) is 3.72. The van der Waals surface area contributed by atoms with Gasteiger partial charge in [-0.05, 0) is 53.6 Å². The van der Waals surface area contributed by atoms with Gasteiger partial charge in [0.05, 0.1) is 18.8 Å². The predicted octanol–water partition coefficient (Wildman–Crippen LogP) is 2.04. The smallest absolute Gasteiger partial charge is 0.0951 e. The maximum atomic E-state index is 10.2. The zero-order chi connectivity index (χ0) is 12.2. The fourth-order valence-corrected chi connectivity index (χ4v) is 2.17. The first kappa shape index (κ1) is 13.9. The summed E-state index contributed by atoms with van der Waals surface area (Å²) >= 11 is 0. The summed E-state index contributed by atoms with van der Waals surface area (Å²) < 4.78 is 5.50. The summed E-state index contributed by atoms with van der Waals surface area (Å²) in [6.07, 6.45) is 3.60. The van der Waals surface area contributed by atoms with Crippen molar-refractivity contribution in [1.29, 1.82) is 0 Å². The molecule has 1 rings (SSSR count). The Morgan fingerprint density at radius 3 is 2.25 bits per heavy atom. The normalized spacial score (nSPS) is 21.4. The maximum absolute atomic E-state index is 10.2. The van der Waals surface area contributed by atoms with Crippen molar-refractivity contribution in [2.75, 3.05) is 19.7 Å². The minimum Gasteiger partial charge on any atom is -0.389 e. The highest BCUT2D eigenvalue weighted by molar-refractivity contribution is 4.90. The molecule has 0 spiro atoms. The van der Waals surface area contributed by atoms with E-state index in [2.05, 4.69) is 18.7 Å². The SMILES string of the molecule is CC(C)OCC(O)C(C)(C)N1CCCCC1. The summed E-state index contributed by atoms with van der Waals surface area (Å²) in [5.74, 6) is 0. The van der Waals surface area contributed by atoms with Crippen LogP contribution in [0.5, 0.6) is 0 Å². The number of ether oxygens (including phenoxy) is 1. The van der Waals surface area contributed by atoms with E-state index in [4.69, 9.17) is 4.74 Å². The molecule has 1 unspecified atom stereocenters. The van der Waals surface area contributed by atoms with Gasteiger partial charge in [0, 0.05) is 5.54 Å². The van der Waals surface area contributed by atoms with Crippen LogP contribution in [0.1, 0.15) is 47.0 Å². The Labute approximate surface area is 99.8 Å². The molecule has 1 heterocycles. The van der Waals surface area contributed by atoms with Gasteiger partial charge in [-0.1, -0.05) is 6.42 Å². The van der Waals surface area contributed by atoms with Crippen LogP contribution in [0.2, 0.25) is 0 Å². The van der Waals surface area contributed by atoms with E-state index in [1.165, 1.54) is 19.3 Å². The van der Waals surface area contributed by atoms with Crippen molar-refractivity contribution in [3.8, 4) is 0 Å². The third-order valence-corrected chi connectivity index (χ3v) is 3.57. The number of piperidine rings is 1. The van der Waals surface area contributed by atoms with Gasteiger partial charge >= 0.3 is 0 Å². The first-order valence-corrected chi connectivity index (χ1v) is 6.49. The lowest BCUT2D eigenvalue weighted by Gasteiger charge is -2.44. The summed E-state index contributed by atoms with van der Waals surface area (Å²) in [5.41, 5.74) is -0.171. The van der Waals surface area contributed by atoms with Crippen LogP contribution < -0.4 is 0 Å². The van der Waals surface area contributed by atoms with Crippen LogP contribution in [-0.2, 0) is 4.74 Å². The number of aliphatic hydroxyl groups excluding tert-OH is 1. The van der Waals surface area contributed by atoms with Crippen molar-refractivity contribution < 1.29 is 9.84 Å². The quantitative estimate of drug-likeness (QED) is 0.783. The van der Waals surface area contributed by atoms with E-state index in [1.54, 1.807) is 0 Å². The molecule has 0 bridgehead atoms. The first-order chi connectivity index (χ1) is 7.44. The van der Waals surface area contributed by atoms with Crippen molar-refractivity contribution in [3.63, 3.8) is 0 Å². The molecule has 0 aliphatic carbocycles. The molecule has 3 nitrogen and oxygen atoms in total. The topological polar surface area (TPSA) is 32.7 Å². The lowest BCUT2D eigenvalue weighted by atomic mass is 9.92.